The maximum absolute atomic E-state index is 10.9. The molecule has 6 heteroatoms. The van der Waals surface area contributed by atoms with Crippen molar-refractivity contribution in [1.82, 2.24) is 4.98 Å². The number of halogens is 2. The molecular formula is C11H7Br2NO3. The van der Waals surface area contributed by atoms with Crippen molar-refractivity contribution in [1.29, 1.82) is 0 Å². The normalized spacial score (nSPS) is 10.5. The van der Waals surface area contributed by atoms with E-state index < -0.39 is 5.97 Å². The Morgan fingerprint density at radius 2 is 2.12 bits per heavy atom. The van der Waals surface area contributed by atoms with Crippen LogP contribution >= 0.6 is 31.9 Å². The summed E-state index contributed by atoms with van der Waals surface area (Å²) in [6, 6.07) is 5.50. The fourth-order valence-corrected chi connectivity index (χ4v) is 2.15. The molecule has 1 aromatic carbocycles. The first-order valence-corrected chi connectivity index (χ1v) is 6.24. The predicted octanol–water partition coefficient (Wildman–Crippen LogP) is 3.87. The zero-order valence-electron chi connectivity index (χ0n) is 8.70. The molecule has 0 aliphatic carbocycles. The van der Waals surface area contributed by atoms with Crippen molar-refractivity contribution in [3.63, 3.8) is 0 Å². The maximum atomic E-state index is 10.9. The van der Waals surface area contributed by atoms with Crippen LogP contribution < -0.4 is 0 Å². The van der Waals surface area contributed by atoms with Crippen molar-refractivity contribution in [3.8, 4) is 11.5 Å². The standard InChI is InChI=1S/C11H7Br2NO3/c1-5-9(11(15)16)17-10(14-5)7-4-6(12)2-3-8(7)13/h2-4H,1H3,(H,15,16). The fraction of sp³-hybridized carbons (Fsp3) is 0.0909. The van der Waals surface area contributed by atoms with Crippen molar-refractivity contribution in [2.75, 3.05) is 0 Å². The summed E-state index contributed by atoms with van der Waals surface area (Å²) >= 11 is 6.71. The van der Waals surface area contributed by atoms with Crippen LogP contribution in [0.2, 0.25) is 0 Å². The number of aromatic nitrogens is 1. The van der Waals surface area contributed by atoms with E-state index in [0.29, 0.717) is 11.3 Å². The molecule has 0 amide bonds. The Bertz CT molecular complexity index is 592. The van der Waals surface area contributed by atoms with Crippen LogP contribution in [0.1, 0.15) is 16.2 Å². The zero-order chi connectivity index (χ0) is 12.6. The largest absolute Gasteiger partial charge is 0.475 e. The smallest absolute Gasteiger partial charge is 0.373 e. The topological polar surface area (TPSA) is 63.3 Å². The number of aryl methyl sites for hydroxylation is 1. The highest BCUT2D eigenvalue weighted by atomic mass is 79.9. The van der Waals surface area contributed by atoms with Crippen molar-refractivity contribution >= 4 is 37.8 Å². The Hall–Kier alpha value is -1.14. The molecule has 0 aliphatic rings. The molecule has 1 aromatic heterocycles. The zero-order valence-corrected chi connectivity index (χ0v) is 11.9. The van der Waals surface area contributed by atoms with E-state index in [0.717, 1.165) is 8.95 Å². The Morgan fingerprint density at radius 3 is 2.71 bits per heavy atom. The van der Waals surface area contributed by atoms with Gasteiger partial charge in [-0.1, -0.05) is 15.9 Å². The molecule has 88 valence electrons. The molecule has 1 N–H and O–H groups in total. The Morgan fingerprint density at radius 1 is 1.41 bits per heavy atom. The molecule has 0 saturated carbocycles. The van der Waals surface area contributed by atoms with Gasteiger partial charge in [0.2, 0.25) is 11.7 Å². The Labute approximate surface area is 114 Å². The van der Waals surface area contributed by atoms with Gasteiger partial charge >= 0.3 is 5.97 Å². The van der Waals surface area contributed by atoms with Gasteiger partial charge in [0, 0.05) is 8.95 Å². The minimum atomic E-state index is -1.12. The van der Waals surface area contributed by atoms with E-state index in [2.05, 4.69) is 36.8 Å². The summed E-state index contributed by atoms with van der Waals surface area (Å²) in [5.41, 5.74) is 1.06. The fourth-order valence-electron chi connectivity index (χ4n) is 1.37. The maximum Gasteiger partial charge on any atom is 0.373 e. The minimum absolute atomic E-state index is 0.133. The first-order chi connectivity index (χ1) is 7.99. The molecule has 0 spiro atoms. The highest BCUT2D eigenvalue weighted by Gasteiger charge is 2.18. The van der Waals surface area contributed by atoms with Crippen LogP contribution in [0.5, 0.6) is 0 Å². The summed E-state index contributed by atoms with van der Waals surface area (Å²) in [4.78, 5) is 15.0. The van der Waals surface area contributed by atoms with Crippen LogP contribution in [0.15, 0.2) is 31.6 Å². The number of oxazole rings is 1. The van der Waals surface area contributed by atoms with Crippen LogP contribution in [0, 0.1) is 6.92 Å². The second kappa shape index (κ2) is 4.62. The van der Waals surface area contributed by atoms with Gasteiger partial charge in [-0.15, -0.1) is 0 Å². The average molecular weight is 361 g/mol. The van der Waals surface area contributed by atoms with Gasteiger partial charge in [-0.3, -0.25) is 0 Å². The number of nitrogens with zero attached hydrogens (tertiary/aromatic N) is 1. The highest BCUT2D eigenvalue weighted by Crippen LogP contribution is 2.31. The minimum Gasteiger partial charge on any atom is -0.475 e. The Balaban J connectivity index is 2.57. The van der Waals surface area contributed by atoms with Gasteiger partial charge in [0.1, 0.15) is 0 Å². The van der Waals surface area contributed by atoms with Crippen molar-refractivity contribution in [3.05, 3.63) is 38.6 Å². The molecule has 0 aliphatic heterocycles. The number of benzene rings is 1. The van der Waals surface area contributed by atoms with Crippen LogP contribution in [-0.2, 0) is 0 Å². The summed E-state index contributed by atoms with van der Waals surface area (Å²) in [7, 11) is 0. The Kier molecular flexibility index (Phi) is 3.35. The summed E-state index contributed by atoms with van der Waals surface area (Å²) in [5, 5.41) is 8.90. The summed E-state index contributed by atoms with van der Waals surface area (Å²) in [5.74, 6) is -0.965. The lowest BCUT2D eigenvalue weighted by Gasteiger charge is -2.00. The quantitative estimate of drug-likeness (QED) is 0.882. The number of hydrogen-bond donors (Lipinski definition) is 1. The van der Waals surface area contributed by atoms with E-state index in [1.165, 1.54) is 0 Å². The summed E-state index contributed by atoms with van der Waals surface area (Å²) in [6.45, 7) is 1.60. The highest BCUT2D eigenvalue weighted by molar-refractivity contribution is 9.11. The molecular weight excluding hydrogens is 354 g/mol. The van der Waals surface area contributed by atoms with Crippen molar-refractivity contribution in [2.45, 2.75) is 6.92 Å². The summed E-state index contributed by atoms with van der Waals surface area (Å²) in [6.07, 6.45) is 0. The van der Waals surface area contributed by atoms with Crippen molar-refractivity contribution < 1.29 is 14.3 Å². The number of rotatable bonds is 2. The summed E-state index contributed by atoms with van der Waals surface area (Å²) < 4.78 is 6.89. The van der Waals surface area contributed by atoms with E-state index in [1.54, 1.807) is 13.0 Å². The molecule has 0 bridgehead atoms. The van der Waals surface area contributed by atoms with E-state index in [-0.39, 0.29) is 11.7 Å². The molecule has 0 unspecified atom stereocenters. The third-order valence-electron chi connectivity index (χ3n) is 2.15. The van der Waals surface area contributed by atoms with Crippen LogP contribution in [-0.4, -0.2) is 16.1 Å². The van der Waals surface area contributed by atoms with Gasteiger partial charge in [-0.2, -0.15) is 0 Å². The number of carboxylic acid groups (broad SMARTS) is 1. The predicted molar refractivity (Wildman–Crippen MR) is 69.0 cm³/mol. The number of carboxylic acids is 1. The molecule has 2 aromatic rings. The molecule has 2 rings (SSSR count). The van der Waals surface area contributed by atoms with Gasteiger partial charge in [0.25, 0.3) is 0 Å². The third kappa shape index (κ3) is 2.42. The SMILES string of the molecule is Cc1nc(-c2cc(Br)ccc2Br)oc1C(=O)O. The number of carbonyl (C=O) groups is 1. The number of aromatic carboxylic acids is 1. The van der Waals surface area contributed by atoms with Crippen LogP contribution in [0.25, 0.3) is 11.5 Å². The molecule has 4 nitrogen and oxygen atoms in total. The van der Waals surface area contributed by atoms with E-state index in [1.807, 2.05) is 12.1 Å². The second-order valence-electron chi connectivity index (χ2n) is 3.36. The lowest BCUT2D eigenvalue weighted by molar-refractivity contribution is 0.0662. The molecule has 0 radical (unpaired) electrons. The van der Waals surface area contributed by atoms with Gasteiger partial charge in [-0.05, 0) is 41.1 Å². The van der Waals surface area contributed by atoms with Gasteiger partial charge in [0.15, 0.2) is 0 Å². The molecule has 0 atom stereocenters. The van der Waals surface area contributed by atoms with Crippen LogP contribution in [0.3, 0.4) is 0 Å². The van der Waals surface area contributed by atoms with Crippen molar-refractivity contribution in [2.24, 2.45) is 0 Å². The number of hydrogen-bond acceptors (Lipinski definition) is 3. The molecule has 0 fully saturated rings. The van der Waals surface area contributed by atoms with Crippen LogP contribution in [0.4, 0.5) is 0 Å². The van der Waals surface area contributed by atoms with E-state index >= 15 is 0 Å². The monoisotopic (exact) mass is 359 g/mol. The average Bonchev–Trinajstić information content (AvgIpc) is 2.64. The first-order valence-electron chi connectivity index (χ1n) is 4.65. The second-order valence-corrected chi connectivity index (χ2v) is 5.13. The molecule has 0 saturated heterocycles. The van der Waals surface area contributed by atoms with Gasteiger partial charge < -0.3 is 9.52 Å². The molecule has 1 heterocycles. The lowest BCUT2D eigenvalue weighted by Crippen LogP contribution is -1.95. The first kappa shape index (κ1) is 12.3. The van der Waals surface area contributed by atoms with E-state index in [4.69, 9.17) is 9.52 Å². The van der Waals surface area contributed by atoms with Gasteiger partial charge in [-0.25, -0.2) is 9.78 Å². The third-order valence-corrected chi connectivity index (χ3v) is 3.33. The van der Waals surface area contributed by atoms with Gasteiger partial charge in [0.05, 0.1) is 11.3 Å². The lowest BCUT2D eigenvalue weighted by atomic mass is 10.2. The van der Waals surface area contributed by atoms with E-state index in [9.17, 15) is 4.79 Å². The molecule has 17 heavy (non-hydrogen) atoms.